The van der Waals surface area contributed by atoms with Crippen LogP contribution >= 0.6 is 0 Å². The lowest BCUT2D eigenvalue weighted by atomic mass is 9.82. The Balaban J connectivity index is 2.15. The number of aliphatic imine (C=N–C) groups is 1. The van der Waals surface area contributed by atoms with Crippen LogP contribution in [-0.4, -0.2) is 24.3 Å². The lowest BCUT2D eigenvalue weighted by Gasteiger charge is -2.31. The standard InChI is InChI=1S/C23H31N3O3S/c1-22(2,3)15-23(4,5)26-21-20(17-11-7-9-13-19(17)30(27,28)29)24-14-16-10-6-8-12-18(16)25-21/h6-13,20,24H,14-15H2,1-5H3,(H,25,26)(H,27,28,29)/t20-/m1/s1. The fourth-order valence-electron chi connectivity index (χ4n) is 4.28. The van der Waals surface area contributed by atoms with Crippen LogP contribution in [0.1, 0.15) is 58.2 Å². The largest absolute Gasteiger partial charge is 0.342 e. The molecule has 0 saturated carbocycles. The highest BCUT2D eigenvalue weighted by Gasteiger charge is 2.31. The molecule has 2 aromatic rings. The van der Waals surface area contributed by atoms with Gasteiger partial charge in [-0.3, -0.25) is 14.9 Å². The molecule has 7 heteroatoms. The normalized spacial score (nSPS) is 19.1. The van der Waals surface area contributed by atoms with Crippen LogP contribution in [-0.2, 0) is 16.7 Å². The number of benzene rings is 2. The summed E-state index contributed by atoms with van der Waals surface area (Å²) in [6.45, 7) is 11.2. The number of hydrogen-bond acceptors (Lipinski definition) is 4. The van der Waals surface area contributed by atoms with E-state index >= 15 is 0 Å². The Morgan fingerprint density at radius 2 is 1.67 bits per heavy atom. The number of anilines is 1. The first kappa shape index (κ1) is 22.5. The fourth-order valence-corrected chi connectivity index (χ4v) is 5.02. The van der Waals surface area contributed by atoms with Gasteiger partial charge in [-0.1, -0.05) is 57.2 Å². The van der Waals surface area contributed by atoms with E-state index in [1.54, 1.807) is 18.2 Å². The molecular formula is C23H31N3O3S. The van der Waals surface area contributed by atoms with Crippen molar-refractivity contribution < 1.29 is 13.0 Å². The summed E-state index contributed by atoms with van der Waals surface area (Å²) in [4.78, 5) is 4.95. The number of para-hydroxylation sites is 1. The van der Waals surface area contributed by atoms with Crippen LogP contribution in [0.25, 0.3) is 0 Å². The second-order valence-corrected chi connectivity index (χ2v) is 11.0. The molecule has 3 rings (SSSR count). The van der Waals surface area contributed by atoms with Gasteiger partial charge in [0, 0.05) is 12.2 Å². The Bertz CT molecular complexity index is 1050. The minimum Gasteiger partial charge on any atom is -0.342 e. The van der Waals surface area contributed by atoms with E-state index in [0.717, 1.165) is 17.7 Å². The van der Waals surface area contributed by atoms with E-state index in [-0.39, 0.29) is 15.8 Å². The molecule has 2 aromatic carbocycles. The van der Waals surface area contributed by atoms with Crippen molar-refractivity contribution in [1.82, 2.24) is 5.32 Å². The topological polar surface area (TPSA) is 90.8 Å². The summed E-state index contributed by atoms with van der Waals surface area (Å²) in [5.41, 5.74) is 2.15. The summed E-state index contributed by atoms with van der Waals surface area (Å²) < 4.78 is 33.9. The second kappa shape index (κ2) is 8.13. The van der Waals surface area contributed by atoms with Crippen molar-refractivity contribution in [1.29, 1.82) is 0 Å². The van der Waals surface area contributed by atoms with Crippen LogP contribution in [0, 0.1) is 5.41 Å². The number of rotatable bonds is 4. The third-order valence-corrected chi connectivity index (χ3v) is 5.87. The molecule has 0 amide bonds. The number of nitrogens with zero attached hydrogens (tertiary/aromatic N) is 1. The third kappa shape index (κ3) is 5.47. The van der Waals surface area contributed by atoms with Gasteiger partial charge in [-0.2, -0.15) is 8.42 Å². The Morgan fingerprint density at radius 3 is 2.33 bits per heavy atom. The molecule has 1 heterocycles. The van der Waals surface area contributed by atoms with Crippen molar-refractivity contribution >= 4 is 21.6 Å². The smallest absolute Gasteiger partial charge is 0.294 e. The predicted octanol–water partition coefficient (Wildman–Crippen LogP) is 4.80. The van der Waals surface area contributed by atoms with Crippen molar-refractivity contribution in [3.8, 4) is 0 Å². The molecular weight excluding hydrogens is 398 g/mol. The molecule has 0 radical (unpaired) electrons. The average Bonchev–Trinajstić information content (AvgIpc) is 2.77. The Kier molecular flexibility index (Phi) is 6.09. The summed E-state index contributed by atoms with van der Waals surface area (Å²) in [5.74, 6) is 0.630. The van der Waals surface area contributed by atoms with Crippen molar-refractivity contribution in [2.45, 2.75) is 64.1 Å². The van der Waals surface area contributed by atoms with Crippen molar-refractivity contribution in [3.05, 3.63) is 59.7 Å². The van der Waals surface area contributed by atoms with Crippen LogP contribution in [0.4, 0.5) is 5.69 Å². The van der Waals surface area contributed by atoms with Crippen LogP contribution in [0.5, 0.6) is 0 Å². The maximum atomic E-state index is 12.0. The van der Waals surface area contributed by atoms with E-state index in [9.17, 15) is 13.0 Å². The quantitative estimate of drug-likeness (QED) is 0.607. The Labute approximate surface area is 179 Å². The zero-order valence-electron chi connectivity index (χ0n) is 18.2. The molecule has 0 aromatic heterocycles. The van der Waals surface area contributed by atoms with E-state index in [4.69, 9.17) is 4.99 Å². The minimum absolute atomic E-state index is 0.0749. The highest BCUT2D eigenvalue weighted by molar-refractivity contribution is 7.85. The predicted molar refractivity (Wildman–Crippen MR) is 121 cm³/mol. The molecule has 0 unspecified atom stereocenters. The first-order valence-corrected chi connectivity index (χ1v) is 11.5. The van der Waals surface area contributed by atoms with E-state index in [1.165, 1.54) is 6.07 Å². The SMILES string of the molecule is CC(C)(C)CC(C)(C)N=C1Nc2ccccc2CN[C@@H]1c1ccccc1S(=O)(=O)O. The minimum atomic E-state index is -4.38. The van der Waals surface area contributed by atoms with E-state index in [0.29, 0.717) is 17.9 Å². The van der Waals surface area contributed by atoms with Gasteiger partial charge in [0.1, 0.15) is 5.84 Å². The fraction of sp³-hybridized carbons (Fsp3) is 0.435. The van der Waals surface area contributed by atoms with Crippen molar-refractivity contribution in [3.63, 3.8) is 0 Å². The zero-order chi connectivity index (χ0) is 22.2. The molecule has 0 fully saturated rings. The first-order valence-electron chi connectivity index (χ1n) is 10.1. The number of amidine groups is 1. The molecule has 3 N–H and O–H groups in total. The van der Waals surface area contributed by atoms with E-state index in [1.807, 2.05) is 24.3 Å². The van der Waals surface area contributed by atoms with E-state index in [2.05, 4.69) is 45.3 Å². The summed E-state index contributed by atoms with van der Waals surface area (Å²) in [7, 11) is -4.38. The van der Waals surface area contributed by atoms with E-state index < -0.39 is 16.2 Å². The highest BCUT2D eigenvalue weighted by atomic mass is 32.2. The van der Waals surface area contributed by atoms with Crippen molar-refractivity contribution in [2.24, 2.45) is 10.4 Å². The summed E-state index contributed by atoms with van der Waals surface area (Å²) >= 11 is 0. The van der Waals surface area contributed by atoms with Crippen molar-refractivity contribution in [2.75, 3.05) is 5.32 Å². The second-order valence-electron chi connectivity index (χ2n) is 9.66. The van der Waals surface area contributed by atoms with Gasteiger partial charge >= 0.3 is 0 Å². The molecule has 0 spiro atoms. The molecule has 0 saturated heterocycles. The van der Waals surface area contributed by atoms with Gasteiger partial charge in [0.05, 0.1) is 16.5 Å². The van der Waals surface area contributed by atoms with Crippen LogP contribution < -0.4 is 10.6 Å². The molecule has 1 aliphatic rings. The maximum Gasteiger partial charge on any atom is 0.294 e. The molecule has 6 nitrogen and oxygen atoms in total. The number of hydrogen-bond donors (Lipinski definition) is 3. The molecule has 30 heavy (non-hydrogen) atoms. The monoisotopic (exact) mass is 429 g/mol. The van der Waals surface area contributed by atoms with Gasteiger partial charge < -0.3 is 5.32 Å². The van der Waals surface area contributed by atoms with Gasteiger partial charge in [0.2, 0.25) is 0 Å². The van der Waals surface area contributed by atoms with Crippen LogP contribution in [0.3, 0.4) is 0 Å². The van der Waals surface area contributed by atoms with Gasteiger partial charge in [-0.05, 0) is 48.9 Å². The van der Waals surface area contributed by atoms with Gasteiger partial charge in [-0.25, -0.2) is 0 Å². The molecule has 1 atom stereocenters. The van der Waals surface area contributed by atoms with Gasteiger partial charge in [0.25, 0.3) is 10.1 Å². The molecule has 1 aliphatic heterocycles. The average molecular weight is 430 g/mol. The third-order valence-electron chi connectivity index (χ3n) is 4.94. The van der Waals surface area contributed by atoms with Gasteiger partial charge in [-0.15, -0.1) is 0 Å². The summed E-state index contributed by atoms with van der Waals surface area (Å²) in [5, 5.41) is 6.87. The zero-order valence-corrected chi connectivity index (χ0v) is 19.0. The number of fused-ring (bicyclic) bond motifs is 1. The highest BCUT2D eigenvalue weighted by Crippen LogP contribution is 2.33. The first-order chi connectivity index (χ1) is 13.9. The number of nitrogens with one attached hydrogen (secondary N) is 2. The molecule has 162 valence electrons. The summed E-state index contributed by atoms with van der Waals surface area (Å²) in [6, 6.07) is 13.9. The lowest BCUT2D eigenvalue weighted by Crippen LogP contribution is -2.35. The van der Waals surface area contributed by atoms with Crippen LogP contribution in [0.15, 0.2) is 58.4 Å². The maximum absolute atomic E-state index is 12.0. The van der Waals surface area contributed by atoms with Crippen LogP contribution in [0.2, 0.25) is 0 Å². The lowest BCUT2D eigenvalue weighted by molar-refractivity contribution is 0.287. The van der Waals surface area contributed by atoms with Gasteiger partial charge in [0.15, 0.2) is 0 Å². The molecule has 0 bridgehead atoms. The summed E-state index contributed by atoms with van der Waals surface area (Å²) in [6.07, 6.45) is 0.847. The Morgan fingerprint density at radius 1 is 1.03 bits per heavy atom. The Hall–Kier alpha value is -2.22. The molecule has 0 aliphatic carbocycles.